The van der Waals surface area contributed by atoms with E-state index in [-0.39, 0.29) is 67.2 Å². The van der Waals surface area contributed by atoms with Crippen LogP contribution in [0.2, 0.25) is 0 Å². The highest BCUT2D eigenvalue weighted by Gasteiger charge is 2.40. The number of nitrogens with zero attached hydrogens (tertiary/aromatic N) is 2. The molecule has 0 aromatic heterocycles. The van der Waals surface area contributed by atoms with Gasteiger partial charge in [0.05, 0.1) is 0 Å². The first-order valence-electron chi connectivity index (χ1n) is 22.1. The Morgan fingerprint density at radius 1 is 0.754 bits per heavy atom. The van der Waals surface area contributed by atoms with Crippen molar-refractivity contribution in [1.82, 2.24) is 31.1 Å². The van der Waals surface area contributed by atoms with Gasteiger partial charge in [-0.15, -0.1) is 0 Å². The van der Waals surface area contributed by atoms with Crippen LogP contribution in [0, 0.1) is 40.4 Å². The number of primary amides is 1. The molecule has 0 bridgehead atoms. The third-order valence-corrected chi connectivity index (χ3v) is 11.3. The summed E-state index contributed by atoms with van der Waals surface area (Å²) in [6, 6.07) is 2.83. The van der Waals surface area contributed by atoms with E-state index in [1.54, 1.807) is 29.2 Å². The number of guanidine groups is 1. The number of amidine groups is 1. The van der Waals surface area contributed by atoms with Gasteiger partial charge in [0.2, 0.25) is 35.4 Å². The molecule has 1 aromatic carbocycles. The number of hydrogen-bond acceptors (Lipinski definition) is 8. The summed E-state index contributed by atoms with van der Waals surface area (Å²) in [5.41, 5.74) is 18.0. The number of benzene rings is 1. The number of rotatable bonds is 23. The van der Waals surface area contributed by atoms with Gasteiger partial charge in [0.1, 0.15) is 35.9 Å². The highest BCUT2D eigenvalue weighted by molar-refractivity contribution is 6.03. The predicted octanol–water partition coefficient (Wildman–Crippen LogP) is 2.09. The number of likely N-dealkylation sites (tertiary alicyclic amines) is 1. The number of amides is 6. The molecule has 17 heteroatoms. The van der Waals surface area contributed by atoms with E-state index in [1.165, 1.54) is 4.90 Å². The molecule has 1 saturated carbocycles. The van der Waals surface area contributed by atoms with Crippen LogP contribution in [0.4, 0.5) is 0 Å². The molecule has 340 valence electrons. The third-order valence-electron chi connectivity index (χ3n) is 11.3. The Bertz CT molecular complexity index is 1670. The summed E-state index contributed by atoms with van der Waals surface area (Å²) in [6.07, 6.45) is 5.74. The molecule has 1 saturated heterocycles. The van der Waals surface area contributed by atoms with Crippen LogP contribution in [0.3, 0.4) is 0 Å². The monoisotopic (exact) mass is 852 g/mol. The molecule has 0 spiro atoms. The SMILES string of the molecule is CC(C)C[C@H](NC(=O)[C@H](CCCNC(=N)N)NC(=O)[C@@H](NC(=O)C(Cc1ccc(C(=N)N)cc1)C(=O)N(CC(C)C)CC(C)C)C1CCCCC1)C(=O)N1CCC[C@H]1C(N)=O. The van der Waals surface area contributed by atoms with E-state index in [4.69, 9.17) is 28.0 Å². The Hall–Kier alpha value is -5.22. The summed E-state index contributed by atoms with van der Waals surface area (Å²) in [7, 11) is 0. The van der Waals surface area contributed by atoms with Crippen molar-refractivity contribution in [3.8, 4) is 0 Å². The van der Waals surface area contributed by atoms with Crippen molar-refractivity contribution in [3.63, 3.8) is 0 Å². The standard InChI is InChI=1S/C44H73N11O6/c1-26(2)22-34(43(61)55-21-11-15-35(55)38(47)56)52-40(58)33(14-10-20-50-44(48)49)51-41(59)36(30-12-8-7-9-13-30)53-39(57)32(23-29-16-18-31(19-17-29)37(45)46)42(60)54(24-27(3)4)25-28(5)6/h16-19,26-28,30,32-36H,7-15,20-25H2,1-6H3,(H3,45,46)(H2,47,56)(H,51,59)(H,52,58)(H,53,57)(H4,48,49,50)/t32?,33-,34-,35-,36-/m0/s1. The van der Waals surface area contributed by atoms with E-state index in [0.717, 1.165) is 19.3 Å². The Labute approximate surface area is 361 Å². The number of carbonyl (C=O) groups excluding carboxylic acids is 6. The molecule has 6 amide bonds. The average molecular weight is 852 g/mol. The van der Waals surface area contributed by atoms with E-state index in [0.29, 0.717) is 62.9 Å². The zero-order valence-electron chi connectivity index (χ0n) is 37.2. The quantitative estimate of drug-likeness (QED) is 0.0337. The Morgan fingerprint density at radius 2 is 1.36 bits per heavy atom. The fourth-order valence-electron chi connectivity index (χ4n) is 8.37. The maximum atomic E-state index is 14.6. The normalized spacial score (nSPS) is 17.6. The molecule has 61 heavy (non-hydrogen) atoms. The molecule has 0 radical (unpaired) electrons. The summed E-state index contributed by atoms with van der Waals surface area (Å²) < 4.78 is 0. The van der Waals surface area contributed by atoms with Crippen molar-refractivity contribution in [1.29, 1.82) is 10.8 Å². The van der Waals surface area contributed by atoms with Crippen LogP contribution >= 0.6 is 0 Å². The van der Waals surface area contributed by atoms with Crippen molar-refractivity contribution >= 4 is 47.2 Å². The maximum Gasteiger partial charge on any atom is 0.245 e. The first-order chi connectivity index (χ1) is 28.8. The molecule has 1 aromatic rings. The summed E-state index contributed by atoms with van der Waals surface area (Å²) in [4.78, 5) is 87.2. The van der Waals surface area contributed by atoms with Crippen LogP contribution < -0.4 is 38.5 Å². The summed E-state index contributed by atoms with van der Waals surface area (Å²) >= 11 is 0. The molecule has 2 aliphatic rings. The lowest BCUT2D eigenvalue weighted by molar-refractivity contribution is -0.145. The number of nitrogens with one attached hydrogen (secondary N) is 6. The lowest BCUT2D eigenvalue weighted by Crippen LogP contribution is -2.60. The summed E-state index contributed by atoms with van der Waals surface area (Å²) in [6.45, 7) is 13.3. The number of nitrogen functional groups attached to an aromatic ring is 1. The van der Waals surface area contributed by atoms with Crippen LogP contribution in [0.5, 0.6) is 0 Å². The molecule has 12 N–H and O–H groups in total. The van der Waals surface area contributed by atoms with Crippen LogP contribution in [-0.4, -0.2) is 107 Å². The fourth-order valence-corrected chi connectivity index (χ4v) is 8.37. The van der Waals surface area contributed by atoms with E-state index >= 15 is 0 Å². The van der Waals surface area contributed by atoms with Gasteiger partial charge in [0.25, 0.3) is 0 Å². The van der Waals surface area contributed by atoms with Crippen molar-refractivity contribution in [2.45, 2.75) is 136 Å². The minimum Gasteiger partial charge on any atom is -0.384 e. The van der Waals surface area contributed by atoms with Gasteiger partial charge in [-0.1, -0.05) is 85.1 Å². The second-order valence-electron chi connectivity index (χ2n) is 18.1. The van der Waals surface area contributed by atoms with E-state index in [1.807, 2.05) is 41.5 Å². The van der Waals surface area contributed by atoms with Crippen LogP contribution in [0.15, 0.2) is 24.3 Å². The average Bonchev–Trinajstić information content (AvgIpc) is 3.69. The Morgan fingerprint density at radius 3 is 1.90 bits per heavy atom. The first-order valence-corrected chi connectivity index (χ1v) is 22.1. The van der Waals surface area contributed by atoms with Gasteiger partial charge in [-0.05, 0) is 80.6 Å². The van der Waals surface area contributed by atoms with Gasteiger partial charge in [0, 0.05) is 31.7 Å². The zero-order chi connectivity index (χ0) is 45.4. The fraction of sp³-hybridized carbons (Fsp3) is 0.682. The van der Waals surface area contributed by atoms with Gasteiger partial charge in [0.15, 0.2) is 5.96 Å². The lowest BCUT2D eigenvalue weighted by Gasteiger charge is -2.34. The molecular formula is C44H73N11O6. The molecule has 1 unspecified atom stereocenters. The highest BCUT2D eigenvalue weighted by atomic mass is 16.2. The van der Waals surface area contributed by atoms with Gasteiger partial charge in [-0.3, -0.25) is 39.6 Å². The number of nitrogens with two attached hydrogens (primary N) is 3. The molecule has 2 fully saturated rings. The molecule has 3 rings (SSSR count). The Balaban J connectivity index is 1.98. The third kappa shape index (κ3) is 16.0. The van der Waals surface area contributed by atoms with Crippen LogP contribution in [-0.2, 0) is 35.2 Å². The maximum absolute atomic E-state index is 14.6. The van der Waals surface area contributed by atoms with Crippen molar-refractivity contribution < 1.29 is 28.8 Å². The van der Waals surface area contributed by atoms with E-state index < -0.39 is 59.6 Å². The lowest BCUT2D eigenvalue weighted by atomic mass is 9.83. The largest absolute Gasteiger partial charge is 0.384 e. The van der Waals surface area contributed by atoms with Crippen molar-refractivity contribution in [3.05, 3.63) is 35.4 Å². The van der Waals surface area contributed by atoms with E-state index in [2.05, 4.69) is 21.3 Å². The zero-order valence-corrected chi connectivity index (χ0v) is 37.2. The molecule has 1 heterocycles. The van der Waals surface area contributed by atoms with Gasteiger partial charge >= 0.3 is 0 Å². The number of hydrogen-bond donors (Lipinski definition) is 9. The van der Waals surface area contributed by atoms with Gasteiger partial charge in [-0.2, -0.15) is 0 Å². The summed E-state index contributed by atoms with van der Waals surface area (Å²) in [5.74, 6) is -4.75. The highest BCUT2D eigenvalue weighted by Crippen LogP contribution is 2.28. The summed E-state index contributed by atoms with van der Waals surface area (Å²) in [5, 5.41) is 26.9. The van der Waals surface area contributed by atoms with Gasteiger partial charge in [-0.25, -0.2) is 0 Å². The minimum atomic E-state index is -1.19. The molecule has 5 atom stereocenters. The Kier molecular flexibility index (Phi) is 20.0. The second kappa shape index (κ2) is 24.3. The van der Waals surface area contributed by atoms with Crippen molar-refractivity contribution in [2.75, 3.05) is 26.2 Å². The minimum absolute atomic E-state index is 0.0117. The van der Waals surface area contributed by atoms with Crippen molar-refractivity contribution in [2.24, 2.45) is 46.8 Å². The topological polar surface area (TPSA) is 283 Å². The molecular weight excluding hydrogens is 779 g/mol. The first kappa shape index (κ1) is 50.1. The number of carbonyl (C=O) groups is 6. The molecule has 1 aliphatic heterocycles. The van der Waals surface area contributed by atoms with E-state index in [9.17, 15) is 28.8 Å². The molecule has 17 nitrogen and oxygen atoms in total. The predicted molar refractivity (Wildman–Crippen MR) is 236 cm³/mol. The molecule has 1 aliphatic carbocycles. The second-order valence-corrected chi connectivity index (χ2v) is 18.1. The van der Waals surface area contributed by atoms with Crippen LogP contribution in [0.1, 0.15) is 117 Å². The van der Waals surface area contributed by atoms with Gasteiger partial charge < -0.3 is 48.3 Å². The smallest absolute Gasteiger partial charge is 0.245 e. The van der Waals surface area contributed by atoms with Crippen LogP contribution in [0.25, 0.3) is 0 Å².